The lowest BCUT2D eigenvalue weighted by Gasteiger charge is -2.28. The molecule has 0 fully saturated rings. The molecule has 7 heteroatoms. The number of carbonyl (C=O) groups excluding carboxylic acids is 3. The van der Waals surface area contributed by atoms with E-state index in [1.807, 2.05) is 0 Å². The Morgan fingerprint density at radius 2 is 1.67 bits per heavy atom. The highest BCUT2D eigenvalue weighted by Gasteiger charge is 2.47. The zero-order valence-corrected chi connectivity index (χ0v) is 17.0. The summed E-state index contributed by atoms with van der Waals surface area (Å²) >= 11 is 0. The Labute approximate surface area is 174 Å². The quantitative estimate of drug-likeness (QED) is 0.693. The van der Waals surface area contributed by atoms with E-state index in [2.05, 4.69) is 0 Å². The summed E-state index contributed by atoms with van der Waals surface area (Å²) in [5.41, 5.74) is 1.93. The van der Waals surface area contributed by atoms with E-state index in [4.69, 9.17) is 0 Å². The Morgan fingerprint density at radius 3 is 2.30 bits per heavy atom. The first-order chi connectivity index (χ1) is 14.3. The number of rotatable bonds is 5. The molecule has 152 valence electrons. The van der Waals surface area contributed by atoms with Crippen molar-refractivity contribution in [2.45, 2.75) is 24.3 Å². The molecule has 2 aromatic rings. The van der Waals surface area contributed by atoms with Crippen molar-refractivity contribution >= 4 is 32.9 Å². The summed E-state index contributed by atoms with van der Waals surface area (Å²) in [6.45, 7) is 1.50. The summed E-state index contributed by atoms with van der Waals surface area (Å²) in [6, 6.07) is 14.2. The van der Waals surface area contributed by atoms with Gasteiger partial charge < -0.3 is 0 Å². The van der Waals surface area contributed by atoms with Crippen LogP contribution in [0.15, 0.2) is 77.8 Å². The molecule has 0 saturated heterocycles. The smallest absolute Gasteiger partial charge is 0.264 e. The van der Waals surface area contributed by atoms with E-state index in [1.54, 1.807) is 42.5 Å². The lowest BCUT2D eigenvalue weighted by molar-refractivity contribution is -0.136. The van der Waals surface area contributed by atoms with Crippen LogP contribution in [0.25, 0.3) is 5.57 Å². The highest BCUT2D eigenvalue weighted by atomic mass is 32.2. The van der Waals surface area contributed by atoms with Crippen molar-refractivity contribution in [2.75, 3.05) is 0 Å². The number of nitrogens with zero attached hydrogens (tertiary/aromatic N) is 1. The van der Waals surface area contributed by atoms with Gasteiger partial charge in [0.15, 0.2) is 0 Å². The van der Waals surface area contributed by atoms with Crippen LogP contribution in [0.3, 0.4) is 0 Å². The minimum absolute atomic E-state index is 0.0289. The van der Waals surface area contributed by atoms with Crippen molar-refractivity contribution in [2.24, 2.45) is 5.92 Å². The molecule has 1 heterocycles. The van der Waals surface area contributed by atoms with Gasteiger partial charge in [0, 0.05) is 12.6 Å². The van der Waals surface area contributed by atoms with Crippen molar-refractivity contribution < 1.29 is 22.8 Å². The van der Waals surface area contributed by atoms with E-state index >= 15 is 0 Å². The highest BCUT2D eigenvalue weighted by Crippen LogP contribution is 2.41. The summed E-state index contributed by atoms with van der Waals surface area (Å²) in [4.78, 5) is 36.2. The zero-order valence-electron chi connectivity index (χ0n) is 16.2. The van der Waals surface area contributed by atoms with Gasteiger partial charge in [-0.3, -0.25) is 18.7 Å². The molecule has 0 spiro atoms. The van der Waals surface area contributed by atoms with Gasteiger partial charge in [-0.15, -0.1) is 0 Å². The SMILES string of the molecule is CC(=O)Cc1ccc(C2=CN(S(=O)(=O)c3ccccc3)C3C=CC(=O)C(=O)C23)cc1. The number of carbonyl (C=O) groups is 3. The number of hydrogen-bond donors (Lipinski definition) is 0. The van der Waals surface area contributed by atoms with Crippen LogP contribution < -0.4 is 0 Å². The molecule has 0 saturated carbocycles. The molecule has 0 amide bonds. The number of sulfonamides is 1. The molecule has 2 unspecified atom stereocenters. The molecule has 30 heavy (non-hydrogen) atoms. The van der Waals surface area contributed by atoms with Crippen LogP contribution >= 0.6 is 0 Å². The van der Waals surface area contributed by atoms with Crippen LogP contribution in [0, 0.1) is 5.92 Å². The second kappa shape index (κ2) is 7.50. The maximum absolute atomic E-state index is 13.2. The summed E-state index contributed by atoms with van der Waals surface area (Å²) < 4.78 is 27.6. The summed E-state index contributed by atoms with van der Waals surface area (Å²) in [5.74, 6) is -2.15. The Balaban J connectivity index is 1.80. The molecular formula is C23H19NO5S. The van der Waals surface area contributed by atoms with E-state index < -0.39 is 33.5 Å². The Kier molecular flexibility index (Phi) is 4.99. The topological polar surface area (TPSA) is 88.6 Å². The lowest BCUT2D eigenvalue weighted by Crippen LogP contribution is -2.42. The van der Waals surface area contributed by atoms with E-state index in [-0.39, 0.29) is 10.7 Å². The van der Waals surface area contributed by atoms with Gasteiger partial charge in [0.1, 0.15) is 5.78 Å². The summed E-state index contributed by atoms with van der Waals surface area (Å²) in [7, 11) is -3.92. The fourth-order valence-electron chi connectivity index (χ4n) is 3.85. The molecule has 2 atom stereocenters. The first kappa shape index (κ1) is 20.0. The van der Waals surface area contributed by atoms with Gasteiger partial charge in [0.2, 0.25) is 11.6 Å². The highest BCUT2D eigenvalue weighted by molar-refractivity contribution is 7.89. The molecule has 4 rings (SSSR count). The van der Waals surface area contributed by atoms with E-state index in [1.165, 1.54) is 31.3 Å². The molecule has 0 aromatic heterocycles. The Bertz CT molecular complexity index is 1190. The molecule has 1 aliphatic heterocycles. The van der Waals surface area contributed by atoms with E-state index in [0.29, 0.717) is 17.6 Å². The van der Waals surface area contributed by atoms with E-state index in [0.717, 1.165) is 15.9 Å². The minimum atomic E-state index is -3.92. The molecule has 0 radical (unpaired) electrons. The van der Waals surface area contributed by atoms with Crippen LogP contribution in [0.5, 0.6) is 0 Å². The normalized spacial score (nSPS) is 20.8. The molecule has 2 aromatic carbocycles. The van der Waals surface area contributed by atoms with Crippen LogP contribution in [0.4, 0.5) is 0 Å². The predicted octanol–water partition coefficient (Wildman–Crippen LogP) is 2.56. The van der Waals surface area contributed by atoms with Crippen LogP contribution in [-0.2, 0) is 30.8 Å². The third kappa shape index (κ3) is 3.41. The van der Waals surface area contributed by atoms with Gasteiger partial charge in [-0.25, -0.2) is 8.42 Å². The first-order valence-corrected chi connectivity index (χ1v) is 10.9. The monoisotopic (exact) mass is 421 g/mol. The van der Waals surface area contributed by atoms with Crippen LogP contribution in [0.2, 0.25) is 0 Å². The molecular weight excluding hydrogens is 402 g/mol. The predicted molar refractivity (Wildman–Crippen MR) is 111 cm³/mol. The molecule has 1 aliphatic carbocycles. The molecule has 2 aliphatic rings. The second-order valence-corrected chi connectivity index (χ2v) is 9.21. The second-order valence-electron chi connectivity index (χ2n) is 7.36. The average Bonchev–Trinajstić information content (AvgIpc) is 3.13. The molecule has 6 nitrogen and oxygen atoms in total. The fourth-order valence-corrected chi connectivity index (χ4v) is 5.36. The Morgan fingerprint density at radius 1 is 1.00 bits per heavy atom. The number of fused-ring (bicyclic) bond motifs is 1. The largest absolute Gasteiger partial charge is 0.300 e. The van der Waals surface area contributed by atoms with Gasteiger partial charge in [0.05, 0.1) is 16.9 Å². The lowest BCUT2D eigenvalue weighted by atomic mass is 9.82. The maximum Gasteiger partial charge on any atom is 0.264 e. The van der Waals surface area contributed by atoms with Gasteiger partial charge in [0.25, 0.3) is 10.0 Å². The van der Waals surface area contributed by atoms with Crippen LogP contribution in [0.1, 0.15) is 18.1 Å². The zero-order chi connectivity index (χ0) is 21.5. The van der Waals surface area contributed by atoms with Crippen molar-refractivity contribution in [1.29, 1.82) is 0 Å². The third-order valence-electron chi connectivity index (χ3n) is 5.27. The summed E-state index contributed by atoms with van der Waals surface area (Å²) in [5, 5.41) is 0. The number of ketones is 3. The number of allylic oxidation sites excluding steroid dienone is 1. The van der Waals surface area contributed by atoms with Gasteiger partial charge in [-0.2, -0.15) is 0 Å². The average molecular weight is 421 g/mol. The molecule has 0 bridgehead atoms. The van der Waals surface area contributed by atoms with Crippen molar-refractivity contribution in [3.63, 3.8) is 0 Å². The molecule has 0 N–H and O–H groups in total. The van der Waals surface area contributed by atoms with Crippen molar-refractivity contribution in [3.05, 3.63) is 84.1 Å². The maximum atomic E-state index is 13.2. The van der Waals surface area contributed by atoms with Crippen molar-refractivity contribution in [1.82, 2.24) is 4.31 Å². The van der Waals surface area contributed by atoms with Gasteiger partial charge in [-0.05, 0) is 41.8 Å². The standard InChI is InChI=1S/C23H19NO5S/c1-15(25)13-16-7-9-17(10-8-16)19-14-24(20-11-12-21(26)23(27)22(19)20)30(28,29)18-5-3-2-4-6-18/h2-12,14,20,22H,13H2,1H3. The third-order valence-corrected chi connectivity index (χ3v) is 7.04. The first-order valence-electron chi connectivity index (χ1n) is 9.44. The van der Waals surface area contributed by atoms with Gasteiger partial charge >= 0.3 is 0 Å². The number of hydrogen-bond acceptors (Lipinski definition) is 5. The van der Waals surface area contributed by atoms with E-state index in [9.17, 15) is 22.8 Å². The van der Waals surface area contributed by atoms with Gasteiger partial charge in [-0.1, -0.05) is 48.5 Å². The van der Waals surface area contributed by atoms with Crippen molar-refractivity contribution in [3.8, 4) is 0 Å². The minimum Gasteiger partial charge on any atom is -0.300 e. The number of benzene rings is 2. The fraction of sp³-hybridized carbons (Fsp3) is 0.174. The summed E-state index contributed by atoms with van der Waals surface area (Å²) in [6.07, 6.45) is 4.35. The Hall–Kier alpha value is -3.32. The van der Waals surface area contributed by atoms with Crippen LogP contribution in [-0.4, -0.2) is 36.1 Å². The number of Topliss-reactive ketones (excluding diaryl/α,β-unsaturated/α-hetero) is 2.